The van der Waals surface area contributed by atoms with Crippen LogP contribution in [0.4, 0.5) is 0 Å². The van der Waals surface area contributed by atoms with Crippen molar-refractivity contribution in [1.82, 2.24) is 0 Å². The Morgan fingerprint density at radius 1 is 0.227 bits per heavy atom. The topological polar surface area (TPSA) is 92.2 Å². The Morgan fingerprint density at radius 3 is 0.526 bits per heavy atom. The molecule has 2 rings (SSSR count). The molecule has 2 aromatic rings. The number of hydrogen-bond acceptors (Lipinski definition) is 6. The maximum absolute atomic E-state index is 12.0. The van der Waals surface area contributed by atoms with Crippen molar-refractivity contribution in [3.05, 3.63) is 58.7 Å². The van der Waals surface area contributed by atoms with Crippen molar-refractivity contribution in [3.63, 3.8) is 0 Å². The zero-order chi connectivity index (χ0) is 68.2. The van der Waals surface area contributed by atoms with Crippen molar-refractivity contribution in [2.45, 2.75) is 474 Å². The molecule has 552 valence electrons. The number of aryl methyl sites for hydroxylation is 2. The van der Waals surface area contributed by atoms with Gasteiger partial charge in [0.15, 0.2) is 0 Å². The molecule has 0 aliphatic heterocycles. The van der Waals surface area contributed by atoms with Crippen LogP contribution in [0.25, 0.3) is 0 Å². The molecule has 0 saturated carbocycles. The smallest absolute Gasteiger partial charge is 0.815 e. The fourth-order valence-electron chi connectivity index (χ4n) is 14.1. The van der Waals surface area contributed by atoms with Crippen LogP contribution in [0.1, 0.15) is 461 Å². The van der Waals surface area contributed by atoms with Gasteiger partial charge in [-0.2, -0.15) is 0 Å². The van der Waals surface area contributed by atoms with Gasteiger partial charge >= 0.3 is 58.4 Å². The first-order valence-corrected chi connectivity index (χ1v) is 49.7. The van der Waals surface area contributed by atoms with Gasteiger partial charge in [-0.3, -0.25) is 0 Å². The van der Waals surface area contributed by atoms with Gasteiger partial charge < -0.3 is 44.1 Å². The van der Waals surface area contributed by atoms with Gasteiger partial charge in [0, 0.05) is 23.3 Å². The minimum Gasteiger partial charge on any atom is -0.815 e. The van der Waals surface area contributed by atoms with E-state index in [0.717, 1.165) is 70.2 Å². The monoisotopic (exact) mass is 1610 g/mol. The van der Waals surface area contributed by atoms with Gasteiger partial charge in [0.1, 0.15) is 21.9 Å². The van der Waals surface area contributed by atoms with Crippen molar-refractivity contribution in [2.75, 3.05) is 0 Å². The summed E-state index contributed by atoms with van der Waals surface area (Å²) in [7, 11) is 1.82. The van der Waals surface area contributed by atoms with E-state index >= 15 is 0 Å². The Balaban J connectivity index is -0.00000177. The standard InChI is InChI=1S/2C42H77O2PS2.3Zn/c2*1-3-5-7-9-11-13-15-17-19-21-23-25-27-29-31-33-36-40-37-35-39-42(47-45(43,44)46)41(40)38-34-32-30-28-26-24-22-20-18-16-14-12-10-8-6-4-2;;;/h2*35,37,39H,3-34,36,38H2,1-2H3;;;/q2*-2;3*+2. The van der Waals surface area contributed by atoms with Crippen LogP contribution in [0.3, 0.4) is 0 Å². The van der Waals surface area contributed by atoms with E-state index in [1.54, 1.807) is 0 Å². The third-order valence-corrected chi connectivity index (χ3v) is 25.5. The van der Waals surface area contributed by atoms with Gasteiger partial charge in [0.05, 0.1) is 0 Å². The van der Waals surface area contributed by atoms with Crippen LogP contribution in [-0.2, 0) is 130 Å². The van der Waals surface area contributed by atoms with Crippen LogP contribution in [0.15, 0.2) is 46.2 Å². The van der Waals surface area contributed by atoms with Gasteiger partial charge in [-0.15, -0.1) is 11.4 Å². The van der Waals surface area contributed by atoms with Gasteiger partial charge in [0.2, 0.25) is 9.79 Å². The first-order valence-electron chi connectivity index (χ1n) is 41.6. The van der Waals surface area contributed by atoms with Crippen molar-refractivity contribution < 1.29 is 78.0 Å². The first kappa shape index (κ1) is 103. The van der Waals surface area contributed by atoms with Crippen LogP contribution in [0, 0.1) is 0 Å². The summed E-state index contributed by atoms with van der Waals surface area (Å²) in [6, 6.07) is 12.5. The molecule has 0 aromatic heterocycles. The second-order valence-electron chi connectivity index (χ2n) is 29.1. The van der Waals surface area contributed by atoms with E-state index in [1.165, 1.54) is 420 Å². The molecule has 0 amide bonds. The van der Waals surface area contributed by atoms with Crippen LogP contribution in [0.2, 0.25) is 0 Å². The molecular weight excluding hydrogens is 1460 g/mol. The third kappa shape index (κ3) is 72.1. The van der Waals surface area contributed by atoms with Crippen molar-refractivity contribution in [3.8, 4) is 0 Å². The molecule has 0 N–H and O–H groups in total. The Bertz CT molecular complexity index is 1880. The average molecular weight is 1610 g/mol. The van der Waals surface area contributed by atoms with Crippen molar-refractivity contribution in [2.24, 2.45) is 0 Å². The number of hydrogen-bond donors (Lipinski definition) is 0. The molecule has 0 aliphatic carbocycles. The number of unbranched alkanes of at least 4 members (excludes halogenated alkanes) is 60. The zero-order valence-electron chi connectivity index (χ0n) is 64.8. The summed E-state index contributed by atoms with van der Waals surface area (Å²) in [5, 5.41) is 0. The van der Waals surface area contributed by atoms with E-state index in [9.17, 15) is 19.6 Å². The minimum absolute atomic E-state index is 0. The SMILES string of the molecule is CCCCCCCCCCCCCCCCCCc1cccc([S+]=P([O-])([O-])[S-])c1CCCCCCCCCCCCCCCCCC.CCCCCCCCCCCCCCCCCCc1cccc([S+]=P([O-])([O-])[S-])c1CCCCCCCCCCCCCCCCCC.[Zn+2].[Zn+2].[Zn+2]. The quantitative estimate of drug-likeness (QED) is 0.0215. The molecule has 0 bridgehead atoms. The molecule has 0 spiro atoms. The first-order chi connectivity index (χ1) is 46.0. The second kappa shape index (κ2) is 79.2. The van der Waals surface area contributed by atoms with Crippen LogP contribution >= 0.6 is 11.4 Å². The van der Waals surface area contributed by atoms with E-state index in [-0.39, 0.29) is 58.4 Å². The minimum atomic E-state index is -3.82. The van der Waals surface area contributed by atoms with E-state index in [0.29, 0.717) is 0 Å². The summed E-state index contributed by atoms with van der Waals surface area (Å²) in [5.41, 5.74) is -2.44. The maximum atomic E-state index is 12.0. The van der Waals surface area contributed by atoms with Gasteiger partial charge in [-0.1, -0.05) is 437 Å². The fraction of sp³-hybridized carbons (Fsp3) is 0.857. The maximum Gasteiger partial charge on any atom is 2.00 e. The molecule has 2 aromatic carbocycles. The Hall–Kier alpha value is 2.15. The van der Waals surface area contributed by atoms with E-state index in [2.05, 4.69) is 39.8 Å². The zero-order valence-corrected chi connectivity index (χ0v) is 78.8. The van der Waals surface area contributed by atoms with Crippen LogP contribution < -0.4 is 19.6 Å². The molecule has 0 atom stereocenters. The Kier molecular flexibility index (Phi) is 84.4. The van der Waals surface area contributed by atoms with Gasteiger partial charge in [0.25, 0.3) is 0 Å². The molecule has 0 aliphatic rings. The molecule has 13 heteroatoms. The average Bonchev–Trinajstić information content (AvgIpc) is 0.856. The molecule has 0 radical (unpaired) electrons. The number of rotatable bonds is 70. The molecular formula is C84H154O4P2S4Zn3+2. The van der Waals surface area contributed by atoms with E-state index in [1.807, 2.05) is 24.3 Å². The molecule has 0 fully saturated rings. The summed E-state index contributed by atoms with van der Waals surface area (Å²) >= 11 is 9.59. The van der Waals surface area contributed by atoms with E-state index < -0.39 is 11.4 Å². The summed E-state index contributed by atoms with van der Waals surface area (Å²) < 4.78 is 0. The normalized spacial score (nSPS) is 11.5. The second-order valence-corrected chi connectivity index (χ2v) is 40.4. The van der Waals surface area contributed by atoms with Gasteiger partial charge in [-0.25, -0.2) is 0 Å². The van der Waals surface area contributed by atoms with Gasteiger partial charge in [-0.05, 0) is 62.5 Å². The van der Waals surface area contributed by atoms with Crippen LogP contribution in [0.5, 0.6) is 0 Å². The van der Waals surface area contributed by atoms with Crippen LogP contribution in [-0.4, -0.2) is 0 Å². The summed E-state index contributed by atoms with van der Waals surface area (Å²) in [6.07, 6.45) is 92.2. The molecule has 4 nitrogen and oxygen atoms in total. The predicted octanol–water partition coefficient (Wildman–Crippen LogP) is 27.4. The molecule has 97 heavy (non-hydrogen) atoms. The molecule has 0 unspecified atom stereocenters. The van der Waals surface area contributed by atoms with Crippen molar-refractivity contribution in [1.29, 1.82) is 0 Å². The Morgan fingerprint density at radius 2 is 0.371 bits per heavy atom. The summed E-state index contributed by atoms with van der Waals surface area (Å²) in [4.78, 5) is 49.8. The number of benzene rings is 2. The largest absolute Gasteiger partial charge is 2.00 e. The summed E-state index contributed by atoms with van der Waals surface area (Å²) in [6.45, 7) is 9.16. The molecule has 0 saturated heterocycles. The third-order valence-electron chi connectivity index (χ3n) is 20.0. The summed E-state index contributed by atoms with van der Waals surface area (Å²) in [5.74, 6) is 0. The Labute approximate surface area is 662 Å². The van der Waals surface area contributed by atoms with Crippen molar-refractivity contribution >= 4 is 57.8 Å². The fourth-order valence-corrected chi connectivity index (χ4v) is 19.5. The predicted molar refractivity (Wildman–Crippen MR) is 426 cm³/mol. The molecule has 0 heterocycles. The van der Waals surface area contributed by atoms with E-state index in [4.69, 9.17) is 24.5 Å².